The molecular weight excluding hydrogens is 358 g/mol. The number of rotatable bonds is 6. The minimum absolute atomic E-state index is 0.285. The first-order valence-corrected chi connectivity index (χ1v) is 8.65. The molecule has 0 spiro atoms. The summed E-state index contributed by atoms with van der Waals surface area (Å²) in [4.78, 5) is 17.1. The smallest absolute Gasteiger partial charge is 0.259 e. The highest BCUT2D eigenvalue weighted by Gasteiger charge is 2.14. The molecule has 4 rings (SSSR count). The van der Waals surface area contributed by atoms with Gasteiger partial charge in [-0.15, -0.1) is 0 Å². The van der Waals surface area contributed by atoms with Gasteiger partial charge in [0, 0.05) is 24.7 Å². The van der Waals surface area contributed by atoms with E-state index in [0.29, 0.717) is 29.3 Å². The molecular formula is C20H19N5O3. The predicted octanol–water partition coefficient (Wildman–Crippen LogP) is 2.85. The third kappa shape index (κ3) is 3.52. The number of nitrogens with one attached hydrogen (secondary N) is 1. The van der Waals surface area contributed by atoms with Gasteiger partial charge in [-0.05, 0) is 24.3 Å². The van der Waals surface area contributed by atoms with Crippen LogP contribution >= 0.6 is 0 Å². The van der Waals surface area contributed by atoms with E-state index in [4.69, 9.17) is 9.47 Å². The summed E-state index contributed by atoms with van der Waals surface area (Å²) in [7, 11) is 3.07. The molecule has 0 saturated carbocycles. The normalized spacial score (nSPS) is 10.8. The van der Waals surface area contributed by atoms with Crippen LogP contribution in [0.2, 0.25) is 0 Å². The standard InChI is InChI=1S/C20H19N5O3/c1-27-16-6-7-17(18(9-16)28-2)20(26)23-14-10-21-25(12-14)13-15-11-24-8-4-3-5-19(24)22-15/h3-12H,13H2,1-2H3,(H,23,26). The summed E-state index contributed by atoms with van der Waals surface area (Å²) in [6, 6.07) is 10.9. The first-order chi connectivity index (χ1) is 13.7. The average Bonchev–Trinajstić information content (AvgIpc) is 3.33. The van der Waals surface area contributed by atoms with Gasteiger partial charge in [0.15, 0.2) is 0 Å². The van der Waals surface area contributed by atoms with Crippen molar-refractivity contribution in [3.05, 3.63) is 72.4 Å². The summed E-state index contributed by atoms with van der Waals surface area (Å²) in [5.74, 6) is 0.773. The number of methoxy groups -OCH3 is 2. The van der Waals surface area contributed by atoms with Crippen LogP contribution in [0.3, 0.4) is 0 Å². The van der Waals surface area contributed by atoms with Crippen molar-refractivity contribution >= 4 is 17.2 Å². The molecule has 3 heterocycles. The summed E-state index contributed by atoms with van der Waals surface area (Å²) in [5.41, 5.74) is 2.76. The number of anilines is 1. The maximum absolute atomic E-state index is 12.6. The monoisotopic (exact) mass is 377 g/mol. The molecule has 0 aliphatic carbocycles. The molecule has 8 nitrogen and oxygen atoms in total. The van der Waals surface area contributed by atoms with Crippen molar-refractivity contribution < 1.29 is 14.3 Å². The zero-order valence-electron chi connectivity index (χ0n) is 15.5. The minimum atomic E-state index is -0.285. The molecule has 3 aromatic heterocycles. The Hall–Kier alpha value is -3.81. The summed E-state index contributed by atoms with van der Waals surface area (Å²) in [5, 5.41) is 7.13. The van der Waals surface area contributed by atoms with Gasteiger partial charge in [0.05, 0.1) is 43.9 Å². The van der Waals surface area contributed by atoms with Gasteiger partial charge < -0.3 is 19.2 Å². The van der Waals surface area contributed by atoms with E-state index in [1.807, 2.05) is 35.0 Å². The van der Waals surface area contributed by atoms with E-state index < -0.39 is 0 Å². The lowest BCUT2D eigenvalue weighted by molar-refractivity contribution is 0.102. The van der Waals surface area contributed by atoms with Gasteiger partial charge in [-0.25, -0.2) is 4.98 Å². The highest BCUT2D eigenvalue weighted by Crippen LogP contribution is 2.25. The van der Waals surface area contributed by atoms with Crippen LogP contribution in [0.4, 0.5) is 5.69 Å². The number of hydrogen-bond donors (Lipinski definition) is 1. The third-order valence-corrected chi connectivity index (χ3v) is 4.28. The second kappa shape index (κ2) is 7.43. The molecule has 0 aliphatic rings. The number of amides is 1. The van der Waals surface area contributed by atoms with Crippen LogP contribution in [0.5, 0.6) is 11.5 Å². The molecule has 0 bridgehead atoms. The number of pyridine rings is 1. The van der Waals surface area contributed by atoms with E-state index in [0.717, 1.165) is 11.3 Å². The van der Waals surface area contributed by atoms with Crippen LogP contribution in [-0.4, -0.2) is 39.3 Å². The summed E-state index contributed by atoms with van der Waals surface area (Å²) >= 11 is 0. The van der Waals surface area contributed by atoms with Gasteiger partial charge in [-0.3, -0.25) is 9.48 Å². The average molecular weight is 377 g/mol. The second-order valence-corrected chi connectivity index (χ2v) is 6.15. The zero-order chi connectivity index (χ0) is 19.5. The van der Waals surface area contributed by atoms with Crippen LogP contribution in [0.1, 0.15) is 16.1 Å². The molecule has 1 amide bonds. The number of aromatic nitrogens is 4. The Bertz CT molecular complexity index is 1100. The van der Waals surface area contributed by atoms with Crippen molar-refractivity contribution in [2.45, 2.75) is 6.54 Å². The summed E-state index contributed by atoms with van der Waals surface area (Å²) in [6.07, 6.45) is 7.27. The fraction of sp³-hybridized carbons (Fsp3) is 0.150. The third-order valence-electron chi connectivity index (χ3n) is 4.28. The fourth-order valence-electron chi connectivity index (χ4n) is 2.93. The molecule has 0 saturated heterocycles. The highest BCUT2D eigenvalue weighted by atomic mass is 16.5. The van der Waals surface area contributed by atoms with E-state index in [1.54, 1.807) is 42.4 Å². The van der Waals surface area contributed by atoms with Gasteiger partial charge >= 0.3 is 0 Å². The SMILES string of the molecule is COc1ccc(C(=O)Nc2cnn(Cc3cn4ccccc4n3)c2)c(OC)c1. The Morgan fingerprint density at radius 1 is 1.14 bits per heavy atom. The van der Waals surface area contributed by atoms with Crippen LogP contribution in [0, 0.1) is 0 Å². The first kappa shape index (κ1) is 17.6. The molecule has 0 atom stereocenters. The minimum Gasteiger partial charge on any atom is -0.497 e. The molecule has 0 radical (unpaired) electrons. The summed E-state index contributed by atoms with van der Waals surface area (Å²) in [6.45, 7) is 0.503. The van der Waals surface area contributed by atoms with Crippen molar-refractivity contribution in [1.29, 1.82) is 0 Å². The molecule has 8 heteroatoms. The van der Waals surface area contributed by atoms with Crippen molar-refractivity contribution in [2.24, 2.45) is 0 Å². The first-order valence-electron chi connectivity index (χ1n) is 8.65. The van der Waals surface area contributed by atoms with Crippen molar-refractivity contribution in [2.75, 3.05) is 19.5 Å². The number of benzene rings is 1. The maximum Gasteiger partial charge on any atom is 0.259 e. The zero-order valence-corrected chi connectivity index (χ0v) is 15.5. The number of nitrogens with zero attached hydrogens (tertiary/aromatic N) is 4. The number of ether oxygens (including phenoxy) is 2. The van der Waals surface area contributed by atoms with E-state index in [-0.39, 0.29) is 5.91 Å². The van der Waals surface area contributed by atoms with Gasteiger partial charge in [0.25, 0.3) is 5.91 Å². The molecule has 4 aromatic rings. The van der Waals surface area contributed by atoms with Crippen LogP contribution in [0.25, 0.3) is 5.65 Å². The Morgan fingerprint density at radius 3 is 2.82 bits per heavy atom. The fourth-order valence-corrected chi connectivity index (χ4v) is 2.93. The van der Waals surface area contributed by atoms with Crippen molar-refractivity contribution in [3.8, 4) is 11.5 Å². The topological polar surface area (TPSA) is 82.7 Å². The van der Waals surface area contributed by atoms with E-state index >= 15 is 0 Å². The number of imidazole rings is 1. The van der Waals surface area contributed by atoms with Gasteiger partial charge in [-0.2, -0.15) is 5.10 Å². The van der Waals surface area contributed by atoms with E-state index in [9.17, 15) is 4.79 Å². The van der Waals surface area contributed by atoms with E-state index in [1.165, 1.54) is 7.11 Å². The largest absolute Gasteiger partial charge is 0.497 e. The van der Waals surface area contributed by atoms with Crippen molar-refractivity contribution in [3.63, 3.8) is 0 Å². The number of carbonyl (C=O) groups is 1. The Kier molecular flexibility index (Phi) is 4.67. The lowest BCUT2D eigenvalue weighted by Gasteiger charge is -2.09. The molecule has 0 fully saturated rings. The van der Waals surface area contributed by atoms with Gasteiger partial charge in [-0.1, -0.05) is 6.07 Å². The number of hydrogen-bond acceptors (Lipinski definition) is 5. The molecule has 0 unspecified atom stereocenters. The van der Waals surface area contributed by atoms with Crippen LogP contribution in [0.15, 0.2) is 61.2 Å². The maximum atomic E-state index is 12.6. The van der Waals surface area contributed by atoms with E-state index in [2.05, 4.69) is 15.4 Å². The Labute approximate surface area is 161 Å². The van der Waals surface area contributed by atoms with Gasteiger partial charge in [0.2, 0.25) is 0 Å². The van der Waals surface area contributed by atoms with Crippen LogP contribution < -0.4 is 14.8 Å². The van der Waals surface area contributed by atoms with Gasteiger partial charge in [0.1, 0.15) is 17.1 Å². The second-order valence-electron chi connectivity index (χ2n) is 6.15. The lowest BCUT2D eigenvalue weighted by atomic mass is 10.1. The molecule has 0 aliphatic heterocycles. The number of fused-ring (bicyclic) bond motifs is 1. The van der Waals surface area contributed by atoms with Crippen molar-refractivity contribution in [1.82, 2.24) is 19.2 Å². The Balaban J connectivity index is 1.48. The molecule has 28 heavy (non-hydrogen) atoms. The summed E-state index contributed by atoms with van der Waals surface area (Å²) < 4.78 is 14.1. The van der Waals surface area contributed by atoms with Crippen LogP contribution in [-0.2, 0) is 6.54 Å². The molecule has 1 aromatic carbocycles. The Morgan fingerprint density at radius 2 is 2.04 bits per heavy atom. The number of carbonyl (C=O) groups excluding carboxylic acids is 1. The molecule has 1 N–H and O–H groups in total. The quantitative estimate of drug-likeness (QED) is 0.559. The lowest BCUT2D eigenvalue weighted by Crippen LogP contribution is -2.13. The molecule has 142 valence electrons. The predicted molar refractivity (Wildman–Crippen MR) is 104 cm³/mol. The highest BCUT2D eigenvalue weighted by molar-refractivity contribution is 6.06.